The van der Waals surface area contributed by atoms with Gasteiger partial charge in [-0.1, -0.05) is 165 Å². The molecule has 0 aliphatic heterocycles. The molecular formula is C84H116Cl6N8O17P4S. The summed E-state index contributed by atoms with van der Waals surface area (Å²) in [7, 11) is -16.2. The van der Waals surface area contributed by atoms with Gasteiger partial charge in [0.2, 0.25) is 14.7 Å². The molecule has 9 aromatic rings. The number of halogens is 6. The Bertz CT molecular complexity index is 4930. The number of amides is 1. The Labute approximate surface area is 738 Å². The third-order valence-electron chi connectivity index (χ3n) is 17.6. The van der Waals surface area contributed by atoms with Crippen LogP contribution in [0.25, 0.3) is 0 Å². The molecular weight excluding hydrogens is 1760 g/mol. The van der Waals surface area contributed by atoms with Gasteiger partial charge in [-0.15, -0.1) is 0 Å². The average Bonchev–Trinajstić information content (AvgIpc) is 1.67. The van der Waals surface area contributed by atoms with Gasteiger partial charge in [0.15, 0.2) is 6.35 Å². The molecule has 0 saturated heterocycles. The van der Waals surface area contributed by atoms with E-state index in [1.807, 2.05) is 115 Å². The number of para-hydroxylation sites is 2. The van der Waals surface area contributed by atoms with E-state index in [4.69, 9.17) is 131 Å². The highest BCUT2D eigenvalue weighted by Gasteiger charge is 2.30. The fraction of sp³-hybridized carbons (Fsp3) is 0.452. The van der Waals surface area contributed by atoms with E-state index < -0.39 is 52.5 Å². The summed E-state index contributed by atoms with van der Waals surface area (Å²) in [5, 5.41) is 29.7. The van der Waals surface area contributed by atoms with Gasteiger partial charge in [-0.25, -0.2) is 4.79 Å². The summed E-state index contributed by atoms with van der Waals surface area (Å²) in [6.07, 6.45) is 1.44. The Morgan fingerprint density at radius 1 is 0.492 bits per heavy atom. The van der Waals surface area contributed by atoms with Crippen LogP contribution < -0.4 is 20.1 Å². The molecule has 120 heavy (non-hydrogen) atoms. The van der Waals surface area contributed by atoms with Crippen LogP contribution in [0.3, 0.4) is 0 Å². The first-order valence-electron chi connectivity index (χ1n) is 39.3. The van der Waals surface area contributed by atoms with Gasteiger partial charge < -0.3 is 52.8 Å². The minimum Gasteiger partial charge on any atom is -0.448 e. The second-order valence-corrected chi connectivity index (χ2v) is 42.2. The first-order chi connectivity index (χ1) is 56.6. The summed E-state index contributed by atoms with van der Waals surface area (Å²) in [5.74, 6) is 2.00. The minimum absolute atomic E-state index is 0.00245. The van der Waals surface area contributed by atoms with Crippen molar-refractivity contribution in [1.82, 2.24) is 34.7 Å². The van der Waals surface area contributed by atoms with E-state index in [0.29, 0.717) is 113 Å². The predicted octanol–water partition coefficient (Wildman–Crippen LogP) is 22.4. The summed E-state index contributed by atoms with van der Waals surface area (Å²) in [4.78, 5) is 12.1. The molecule has 0 fully saturated rings. The van der Waals surface area contributed by atoms with Crippen LogP contribution in [0.15, 0.2) is 144 Å². The Kier molecular flexibility index (Phi) is 44.9. The van der Waals surface area contributed by atoms with Crippen molar-refractivity contribution in [1.29, 1.82) is 0 Å². The van der Waals surface area contributed by atoms with Crippen LogP contribution in [-0.4, -0.2) is 147 Å². The van der Waals surface area contributed by atoms with E-state index in [-0.39, 0.29) is 62.2 Å². The van der Waals surface area contributed by atoms with Gasteiger partial charge in [-0.2, -0.15) is 23.7 Å². The van der Waals surface area contributed by atoms with E-state index in [0.717, 1.165) is 74.0 Å². The molecule has 0 aliphatic rings. The van der Waals surface area contributed by atoms with Crippen molar-refractivity contribution >= 4 is 116 Å². The molecule has 2 atom stereocenters. The molecule has 25 nitrogen and oxygen atoms in total. The molecule has 36 heteroatoms. The second-order valence-electron chi connectivity index (χ2n) is 28.6. The molecule has 0 aliphatic carbocycles. The van der Waals surface area contributed by atoms with E-state index in [2.05, 4.69) is 52.0 Å². The van der Waals surface area contributed by atoms with Crippen molar-refractivity contribution in [3.05, 3.63) is 243 Å². The average molecular weight is 1880 g/mol. The lowest BCUT2D eigenvalue weighted by Crippen LogP contribution is -2.28. The van der Waals surface area contributed by atoms with E-state index in [9.17, 15) is 31.5 Å². The van der Waals surface area contributed by atoms with Gasteiger partial charge in [0.05, 0.1) is 87.4 Å². The molecule has 1 amide bonds. The molecule has 0 saturated carbocycles. The lowest BCUT2D eigenvalue weighted by atomic mass is 9.98. The monoisotopic (exact) mass is 1870 g/mol. The maximum atomic E-state index is 12.6. The van der Waals surface area contributed by atoms with Crippen LogP contribution >= 0.6 is 99.5 Å². The minimum atomic E-state index is -3.98. The normalized spacial score (nSPS) is 12.6. The Hall–Kier alpha value is -5.89. The number of benzene rings is 6. The summed E-state index contributed by atoms with van der Waals surface area (Å²) >= 11 is 36.8. The van der Waals surface area contributed by atoms with E-state index in [1.165, 1.54) is 17.7 Å². The van der Waals surface area contributed by atoms with Crippen LogP contribution in [0, 0.1) is 27.7 Å². The lowest BCUT2D eigenvalue weighted by molar-refractivity contribution is 0.124. The van der Waals surface area contributed by atoms with Crippen LogP contribution in [0.4, 0.5) is 4.79 Å². The summed E-state index contributed by atoms with van der Waals surface area (Å²) in [6.45, 7) is 34.2. The van der Waals surface area contributed by atoms with Crippen LogP contribution in [-0.2, 0) is 99.0 Å². The molecule has 662 valence electrons. The number of alkyl carbamates (subject to hydrolysis) is 1. The zero-order chi connectivity index (χ0) is 89.1. The standard InChI is InChI=1S/C26H32Cl2N3O4P.C21H31Cl2N2O4P.C16H20Cl2N2O.C12H19O6PS.C9H14NO2P/c1-18(2)25-24(16-20-14-21(27)17-22(28)15-20)19(3)31(30-25)11-12-34-26(32)29-10-13-36(4,33)35-23-8-6-5-7-9-23;1-6-28-30(26,29-7-2)14-27-9-8-25-16(5)20(21(24-25)15(3)4)12-17-10-18(22)13-19(23)11-17;1-10(2)16-15(11(3)20(19-16)4-5-21)8-12-6-13(17)9-14(18)7-12;1-4-16-19(13,17-5-2)10-18-20(14,15)12-8-6-11(3)7-9-12;1-13(11,8-7-10)12-9-5-3-2-4-6-9/h5-9,14-15,17-18H,10-13,16H2,1-4H3,(H,29,32);10-11,13,15H,6-9,12,14H2,1-5H3;6-7,9-10,21H,4-5,8H2,1-3H3;6-9H,4-5,10H2,1-3H3;2-6H,7-8,10H2,1H3. The number of aliphatic hydroxyl groups is 1. The third kappa shape index (κ3) is 36.4. The van der Waals surface area contributed by atoms with Crippen molar-refractivity contribution in [3.63, 3.8) is 0 Å². The maximum Gasteiger partial charge on any atom is 0.407 e. The number of carbonyl (C=O) groups excluding carboxylic acids is 1. The first-order valence-corrected chi connectivity index (χ1v) is 50.9. The smallest absolute Gasteiger partial charge is 0.407 e. The highest BCUT2D eigenvalue weighted by molar-refractivity contribution is 7.87. The number of hydrogen-bond donors (Lipinski definition) is 3. The number of aryl methyl sites for hydroxylation is 1. The number of nitrogens with two attached hydrogens (primary N) is 1. The van der Waals surface area contributed by atoms with Crippen molar-refractivity contribution < 1.29 is 77.4 Å². The van der Waals surface area contributed by atoms with Crippen LogP contribution in [0.1, 0.15) is 160 Å². The SMILES string of the molecule is CCOP(=O)(COCCn1nc(C(C)C)c(Cc2cc(Cl)cc(Cl)c2)c1C)OCC.CCOP(=O)(COS(=O)(=O)c1ccc(C)cc1)OCC.CP(=O)(CCN)Oc1ccccc1.Cc1c(Cc2cc(Cl)cc(Cl)c2)c(C(C)C)nn1CCO.Cc1c(Cc2cc(Cl)cc(Cl)c2)c(C(C)C)nn1CCOC(=O)NCCP(C)(=O)Oc1ccccc1. The zero-order valence-corrected chi connectivity index (χ0v) is 80.1. The number of aliphatic hydroxyl groups excluding tert-OH is 1. The van der Waals surface area contributed by atoms with E-state index in [1.54, 1.807) is 95.6 Å². The van der Waals surface area contributed by atoms with Gasteiger partial charge in [0.1, 0.15) is 24.5 Å². The van der Waals surface area contributed by atoms with Crippen molar-refractivity contribution in [3.8, 4) is 11.5 Å². The first kappa shape index (κ1) is 105. The zero-order valence-electron chi connectivity index (χ0n) is 71.2. The number of rotatable bonds is 40. The second kappa shape index (κ2) is 51.5. The number of nitrogens with zero attached hydrogens (tertiary/aromatic N) is 6. The molecule has 0 bridgehead atoms. The Morgan fingerprint density at radius 3 is 1.18 bits per heavy atom. The molecule has 3 heterocycles. The fourth-order valence-corrected chi connectivity index (χ4v) is 20.1. The largest absolute Gasteiger partial charge is 0.448 e. The number of hydrogen-bond acceptors (Lipinski definition) is 21. The fourth-order valence-electron chi connectivity index (χ4n) is 12.0. The summed E-state index contributed by atoms with van der Waals surface area (Å²) in [6, 6.07) is 41.0. The van der Waals surface area contributed by atoms with Crippen LogP contribution in [0.2, 0.25) is 30.1 Å². The quantitative estimate of drug-likeness (QED) is 0.0182. The number of nitrogens with one attached hydrogen (secondary N) is 1. The molecule has 6 aromatic carbocycles. The van der Waals surface area contributed by atoms with E-state index >= 15 is 0 Å². The summed E-state index contributed by atoms with van der Waals surface area (Å²) < 4.78 is 125. The van der Waals surface area contributed by atoms with Gasteiger partial charge >= 0.3 is 21.3 Å². The van der Waals surface area contributed by atoms with Crippen molar-refractivity contribution in [2.75, 3.05) is 97.7 Å². The molecule has 3 aromatic heterocycles. The lowest BCUT2D eigenvalue weighted by Gasteiger charge is -2.17. The number of aromatic nitrogens is 6. The third-order valence-corrected chi connectivity index (χ3v) is 27.2. The number of carbonyl (C=O) groups is 1. The van der Waals surface area contributed by atoms with Gasteiger partial charge in [-0.3, -0.25) is 36.5 Å². The molecule has 2 unspecified atom stereocenters. The van der Waals surface area contributed by atoms with Crippen LogP contribution in [0.5, 0.6) is 11.5 Å². The molecule has 0 spiro atoms. The maximum absolute atomic E-state index is 12.6. The Morgan fingerprint density at radius 2 is 0.833 bits per heavy atom. The molecule has 4 N–H and O–H groups in total. The van der Waals surface area contributed by atoms with Crippen molar-refractivity contribution in [2.24, 2.45) is 5.73 Å². The Balaban J connectivity index is 0.000000277. The predicted molar refractivity (Wildman–Crippen MR) is 484 cm³/mol. The van der Waals surface area contributed by atoms with Gasteiger partial charge in [0, 0.05) is 116 Å². The van der Waals surface area contributed by atoms with Gasteiger partial charge in [-0.05, 0) is 181 Å². The highest BCUT2D eigenvalue weighted by atomic mass is 35.5. The molecule has 0 radical (unpaired) electrons. The summed E-state index contributed by atoms with van der Waals surface area (Å²) in [5.41, 5.74) is 19.1. The topological polar surface area (TPSA) is 314 Å². The molecule has 9 rings (SSSR count). The number of ether oxygens (including phenoxy) is 2. The van der Waals surface area contributed by atoms with Gasteiger partial charge in [0.25, 0.3) is 10.1 Å². The highest BCUT2D eigenvalue weighted by Crippen LogP contribution is 2.50. The van der Waals surface area contributed by atoms with Crippen molar-refractivity contribution in [2.45, 2.75) is 158 Å².